The van der Waals surface area contributed by atoms with Crippen LogP contribution in [0.4, 0.5) is 0 Å². The summed E-state index contributed by atoms with van der Waals surface area (Å²) in [5.41, 5.74) is 0.848. The standard InChI is InChI=1S/C14H20O2/c1-10-6-8-12(9-7-10)16-14-5-3-4-13(15)11(14)2/h3-5,10,12,15H,6-9H2,1-2H3. The molecule has 1 saturated carbocycles. The molecule has 0 bridgehead atoms. The van der Waals surface area contributed by atoms with Crippen molar-refractivity contribution in [1.29, 1.82) is 0 Å². The summed E-state index contributed by atoms with van der Waals surface area (Å²) in [5.74, 6) is 1.99. The van der Waals surface area contributed by atoms with Crippen molar-refractivity contribution in [3.8, 4) is 11.5 Å². The molecule has 0 aromatic heterocycles. The number of rotatable bonds is 2. The van der Waals surface area contributed by atoms with Crippen LogP contribution in [0.1, 0.15) is 38.2 Å². The zero-order chi connectivity index (χ0) is 11.5. The molecule has 0 spiro atoms. The van der Waals surface area contributed by atoms with Crippen LogP contribution >= 0.6 is 0 Å². The van der Waals surface area contributed by atoms with Crippen LogP contribution in [0.25, 0.3) is 0 Å². The second kappa shape index (κ2) is 4.77. The van der Waals surface area contributed by atoms with Gasteiger partial charge in [-0.2, -0.15) is 0 Å². The van der Waals surface area contributed by atoms with Gasteiger partial charge in [-0.05, 0) is 50.7 Å². The van der Waals surface area contributed by atoms with Gasteiger partial charge in [-0.25, -0.2) is 0 Å². The summed E-state index contributed by atoms with van der Waals surface area (Å²) in [6.45, 7) is 4.20. The topological polar surface area (TPSA) is 29.5 Å². The third-order valence-electron chi connectivity index (χ3n) is 3.51. The summed E-state index contributed by atoms with van der Waals surface area (Å²) >= 11 is 0. The first-order chi connectivity index (χ1) is 7.66. The Morgan fingerprint density at radius 3 is 2.56 bits per heavy atom. The SMILES string of the molecule is Cc1c(O)cccc1OC1CCC(C)CC1. The smallest absolute Gasteiger partial charge is 0.126 e. The minimum atomic E-state index is 0.321. The van der Waals surface area contributed by atoms with E-state index in [0.717, 1.165) is 30.1 Å². The lowest BCUT2D eigenvalue weighted by Crippen LogP contribution is -2.23. The Labute approximate surface area is 97.3 Å². The maximum atomic E-state index is 9.59. The average Bonchev–Trinajstić information content (AvgIpc) is 2.28. The van der Waals surface area contributed by atoms with Gasteiger partial charge in [-0.15, -0.1) is 0 Å². The number of aromatic hydroxyl groups is 1. The zero-order valence-electron chi connectivity index (χ0n) is 10.1. The minimum Gasteiger partial charge on any atom is -0.508 e. The molecular formula is C14H20O2. The highest BCUT2D eigenvalue weighted by atomic mass is 16.5. The summed E-state index contributed by atoms with van der Waals surface area (Å²) in [4.78, 5) is 0. The highest BCUT2D eigenvalue weighted by molar-refractivity contribution is 5.42. The lowest BCUT2D eigenvalue weighted by atomic mass is 9.89. The van der Waals surface area contributed by atoms with Gasteiger partial charge in [0.15, 0.2) is 0 Å². The van der Waals surface area contributed by atoms with Gasteiger partial charge in [0.25, 0.3) is 0 Å². The Balaban J connectivity index is 2.01. The number of benzene rings is 1. The number of hydrogen-bond acceptors (Lipinski definition) is 2. The molecule has 2 nitrogen and oxygen atoms in total. The predicted molar refractivity (Wildman–Crippen MR) is 64.9 cm³/mol. The van der Waals surface area contributed by atoms with Gasteiger partial charge < -0.3 is 9.84 Å². The zero-order valence-corrected chi connectivity index (χ0v) is 10.1. The van der Waals surface area contributed by atoms with Crippen molar-refractivity contribution < 1.29 is 9.84 Å². The second-order valence-corrected chi connectivity index (χ2v) is 4.90. The molecule has 2 heteroatoms. The van der Waals surface area contributed by atoms with Gasteiger partial charge in [-0.3, -0.25) is 0 Å². The van der Waals surface area contributed by atoms with Crippen LogP contribution in [-0.4, -0.2) is 11.2 Å². The van der Waals surface area contributed by atoms with Crippen LogP contribution in [0.2, 0.25) is 0 Å². The maximum Gasteiger partial charge on any atom is 0.126 e. The molecule has 1 aromatic carbocycles. The van der Waals surface area contributed by atoms with E-state index in [4.69, 9.17) is 4.74 Å². The van der Waals surface area contributed by atoms with E-state index in [1.807, 2.05) is 19.1 Å². The Morgan fingerprint density at radius 1 is 1.19 bits per heavy atom. The fraction of sp³-hybridized carbons (Fsp3) is 0.571. The van der Waals surface area contributed by atoms with E-state index >= 15 is 0 Å². The van der Waals surface area contributed by atoms with E-state index in [-0.39, 0.29) is 0 Å². The van der Waals surface area contributed by atoms with Crippen molar-refractivity contribution in [2.24, 2.45) is 5.92 Å². The highest BCUT2D eigenvalue weighted by Crippen LogP contribution is 2.31. The van der Waals surface area contributed by atoms with Gasteiger partial charge in [-0.1, -0.05) is 13.0 Å². The van der Waals surface area contributed by atoms with Crippen molar-refractivity contribution in [2.45, 2.75) is 45.6 Å². The number of ether oxygens (including phenoxy) is 1. The van der Waals surface area contributed by atoms with Crippen molar-refractivity contribution in [3.63, 3.8) is 0 Å². The Kier molecular flexibility index (Phi) is 3.37. The summed E-state index contributed by atoms with van der Waals surface area (Å²) in [5, 5.41) is 9.59. The van der Waals surface area contributed by atoms with Crippen molar-refractivity contribution in [3.05, 3.63) is 23.8 Å². The molecule has 0 amide bonds. The van der Waals surface area contributed by atoms with Gasteiger partial charge in [0.05, 0.1) is 6.10 Å². The third kappa shape index (κ3) is 2.49. The molecule has 0 saturated heterocycles. The lowest BCUT2D eigenvalue weighted by molar-refractivity contribution is 0.134. The minimum absolute atomic E-state index is 0.321. The average molecular weight is 220 g/mol. The molecule has 1 aliphatic carbocycles. The van der Waals surface area contributed by atoms with E-state index in [9.17, 15) is 5.11 Å². The van der Waals surface area contributed by atoms with Crippen molar-refractivity contribution in [1.82, 2.24) is 0 Å². The van der Waals surface area contributed by atoms with Crippen LogP contribution in [0.15, 0.2) is 18.2 Å². The molecule has 1 aliphatic rings. The van der Waals surface area contributed by atoms with Gasteiger partial charge in [0.1, 0.15) is 11.5 Å². The second-order valence-electron chi connectivity index (χ2n) is 4.90. The summed E-state index contributed by atoms with van der Waals surface area (Å²) in [6, 6.07) is 5.47. The van der Waals surface area contributed by atoms with Gasteiger partial charge >= 0.3 is 0 Å². The number of phenols is 1. The molecule has 0 atom stereocenters. The summed E-state index contributed by atoms with van der Waals surface area (Å²) in [6.07, 6.45) is 5.11. The van der Waals surface area contributed by atoms with Crippen LogP contribution < -0.4 is 4.74 Å². The van der Waals surface area contributed by atoms with E-state index in [2.05, 4.69) is 6.92 Å². The molecule has 0 unspecified atom stereocenters. The fourth-order valence-corrected chi connectivity index (χ4v) is 2.26. The molecule has 16 heavy (non-hydrogen) atoms. The molecule has 88 valence electrons. The van der Waals surface area contributed by atoms with Crippen LogP contribution in [0.3, 0.4) is 0 Å². The van der Waals surface area contributed by atoms with E-state index < -0.39 is 0 Å². The fourth-order valence-electron chi connectivity index (χ4n) is 2.26. The Bertz CT molecular complexity index is 352. The third-order valence-corrected chi connectivity index (χ3v) is 3.51. The van der Waals surface area contributed by atoms with Crippen molar-refractivity contribution >= 4 is 0 Å². The highest BCUT2D eigenvalue weighted by Gasteiger charge is 2.20. The van der Waals surface area contributed by atoms with E-state index in [1.54, 1.807) is 6.07 Å². The Hall–Kier alpha value is -1.18. The molecule has 1 fully saturated rings. The van der Waals surface area contributed by atoms with Crippen molar-refractivity contribution in [2.75, 3.05) is 0 Å². The summed E-state index contributed by atoms with van der Waals surface area (Å²) in [7, 11) is 0. The van der Waals surface area contributed by atoms with Crippen LogP contribution in [-0.2, 0) is 0 Å². The number of hydrogen-bond donors (Lipinski definition) is 1. The first-order valence-corrected chi connectivity index (χ1v) is 6.12. The molecule has 2 rings (SSSR count). The first kappa shape index (κ1) is 11.3. The number of phenolic OH excluding ortho intramolecular Hbond substituents is 1. The molecule has 0 heterocycles. The van der Waals surface area contributed by atoms with E-state index in [1.165, 1.54) is 12.8 Å². The van der Waals surface area contributed by atoms with Crippen LogP contribution in [0, 0.1) is 12.8 Å². The van der Waals surface area contributed by atoms with Gasteiger partial charge in [0.2, 0.25) is 0 Å². The van der Waals surface area contributed by atoms with Gasteiger partial charge in [0, 0.05) is 5.56 Å². The monoisotopic (exact) mass is 220 g/mol. The van der Waals surface area contributed by atoms with E-state index in [0.29, 0.717) is 11.9 Å². The molecular weight excluding hydrogens is 200 g/mol. The molecule has 1 N–H and O–H groups in total. The predicted octanol–water partition coefficient (Wildman–Crippen LogP) is 3.66. The summed E-state index contributed by atoms with van der Waals surface area (Å²) < 4.78 is 5.96. The molecule has 0 radical (unpaired) electrons. The lowest BCUT2D eigenvalue weighted by Gasteiger charge is -2.27. The largest absolute Gasteiger partial charge is 0.508 e. The quantitative estimate of drug-likeness (QED) is 0.824. The molecule has 1 aromatic rings. The van der Waals surface area contributed by atoms with Crippen LogP contribution in [0.5, 0.6) is 11.5 Å². The molecule has 0 aliphatic heterocycles. The first-order valence-electron chi connectivity index (χ1n) is 6.12. The normalized spacial score (nSPS) is 25.4. The Morgan fingerprint density at radius 2 is 1.88 bits per heavy atom. The maximum absolute atomic E-state index is 9.59.